The van der Waals surface area contributed by atoms with E-state index in [1.54, 1.807) is 18.4 Å². The zero-order chi connectivity index (χ0) is 26.0. The molecule has 0 fully saturated rings. The van der Waals surface area contributed by atoms with E-state index < -0.39 is 0 Å². The Kier molecular flexibility index (Phi) is 7.51. The molecule has 8 nitrogen and oxygen atoms in total. The molecular formula is C27H35N5O3S. The van der Waals surface area contributed by atoms with Crippen LogP contribution in [0.4, 0.5) is 5.69 Å². The van der Waals surface area contributed by atoms with Crippen molar-refractivity contribution in [2.75, 3.05) is 39.1 Å². The highest BCUT2D eigenvalue weighted by molar-refractivity contribution is 7.13. The van der Waals surface area contributed by atoms with Crippen LogP contribution in [0.3, 0.4) is 0 Å². The van der Waals surface area contributed by atoms with E-state index in [0.717, 1.165) is 40.4 Å². The molecule has 2 amide bonds. The van der Waals surface area contributed by atoms with Gasteiger partial charge in [0.15, 0.2) is 5.82 Å². The van der Waals surface area contributed by atoms with Gasteiger partial charge in [-0.1, -0.05) is 33.8 Å². The third kappa shape index (κ3) is 5.47. The number of aromatic nitrogens is 2. The number of ether oxygens (including phenoxy) is 1. The van der Waals surface area contributed by atoms with Crippen molar-refractivity contribution in [1.29, 1.82) is 0 Å². The third-order valence-corrected chi connectivity index (χ3v) is 7.09. The number of likely N-dealkylation sites (N-methyl/N-ethyl adjacent to an activating group) is 1. The molecule has 3 heterocycles. The maximum absolute atomic E-state index is 13.2. The van der Waals surface area contributed by atoms with E-state index in [2.05, 4.69) is 31.4 Å². The summed E-state index contributed by atoms with van der Waals surface area (Å²) >= 11 is 1.59. The Labute approximate surface area is 216 Å². The third-order valence-electron chi connectivity index (χ3n) is 6.22. The predicted molar refractivity (Wildman–Crippen MR) is 145 cm³/mol. The number of aryl methyl sites for hydroxylation is 1. The average molecular weight is 510 g/mol. The molecule has 36 heavy (non-hydrogen) atoms. The van der Waals surface area contributed by atoms with Crippen LogP contribution in [0.2, 0.25) is 0 Å². The van der Waals surface area contributed by atoms with Gasteiger partial charge in [-0.05, 0) is 54.6 Å². The molecule has 0 unspecified atom stereocenters. The highest BCUT2D eigenvalue weighted by atomic mass is 32.1. The van der Waals surface area contributed by atoms with Gasteiger partial charge in [0, 0.05) is 18.7 Å². The number of nitrogens with one attached hydrogen (secondary N) is 2. The molecule has 192 valence electrons. The first-order chi connectivity index (χ1) is 17.1. The number of amides is 2. The van der Waals surface area contributed by atoms with Crippen LogP contribution in [0.1, 0.15) is 43.9 Å². The van der Waals surface area contributed by atoms with E-state index in [1.165, 1.54) is 0 Å². The average Bonchev–Trinajstić information content (AvgIpc) is 3.49. The standard InChI is InChI=1S/C27H35N5O3S/c1-7-31(5)15-22(33)29-19-14-18-17(13-20(19)35-6)10-11-32-24(18)23(21-9-8-12-36-21)30-25(32)26(34)28-16-27(2,3)4/h8-9,12-14H,7,10-11,15-16H2,1-6H3,(H,28,34)(H,29,33). The molecule has 0 aliphatic carbocycles. The zero-order valence-electron chi connectivity index (χ0n) is 21.9. The van der Waals surface area contributed by atoms with Crippen molar-refractivity contribution in [3.63, 3.8) is 0 Å². The van der Waals surface area contributed by atoms with Crippen molar-refractivity contribution >= 4 is 28.8 Å². The summed E-state index contributed by atoms with van der Waals surface area (Å²) in [6, 6.07) is 7.95. The van der Waals surface area contributed by atoms with E-state index in [1.807, 2.05) is 53.1 Å². The minimum Gasteiger partial charge on any atom is -0.495 e. The summed E-state index contributed by atoms with van der Waals surface area (Å²) in [4.78, 5) is 33.7. The fraction of sp³-hybridized carbons (Fsp3) is 0.444. The Morgan fingerprint density at radius 3 is 2.69 bits per heavy atom. The first-order valence-electron chi connectivity index (χ1n) is 12.2. The molecule has 2 aromatic heterocycles. The number of fused-ring (bicyclic) bond motifs is 3. The fourth-order valence-corrected chi connectivity index (χ4v) is 4.94. The van der Waals surface area contributed by atoms with E-state index in [4.69, 9.17) is 9.72 Å². The quantitative estimate of drug-likeness (QED) is 0.467. The maximum Gasteiger partial charge on any atom is 0.287 e. The first-order valence-corrected chi connectivity index (χ1v) is 13.1. The van der Waals surface area contributed by atoms with Crippen LogP contribution in [-0.2, 0) is 17.8 Å². The Morgan fingerprint density at radius 1 is 1.28 bits per heavy atom. The van der Waals surface area contributed by atoms with Gasteiger partial charge in [-0.25, -0.2) is 4.98 Å². The Balaban J connectivity index is 1.79. The SMILES string of the molecule is CCN(C)CC(=O)Nc1cc2c(cc1OC)CCn1c(C(=O)NCC(C)(C)C)nc(-c3cccs3)c1-2. The molecule has 0 atom stereocenters. The van der Waals surface area contributed by atoms with Gasteiger partial charge < -0.3 is 19.9 Å². The summed E-state index contributed by atoms with van der Waals surface area (Å²) < 4.78 is 7.64. The number of carbonyl (C=O) groups excluding carboxylic acids is 2. The van der Waals surface area contributed by atoms with Crippen molar-refractivity contribution in [3.05, 3.63) is 41.0 Å². The van der Waals surface area contributed by atoms with Gasteiger partial charge in [0.05, 0.1) is 29.9 Å². The van der Waals surface area contributed by atoms with Crippen LogP contribution in [0.5, 0.6) is 5.75 Å². The van der Waals surface area contributed by atoms with Crippen LogP contribution in [-0.4, -0.2) is 60.1 Å². The normalized spacial score (nSPS) is 12.8. The van der Waals surface area contributed by atoms with Gasteiger partial charge in [0.1, 0.15) is 11.4 Å². The fourth-order valence-electron chi connectivity index (χ4n) is 4.22. The largest absolute Gasteiger partial charge is 0.495 e. The molecule has 2 N–H and O–H groups in total. The van der Waals surface area contributed by atoms with Crippen LogP contribution >= 0.6 is 11.3 Å². The highest BCUT2D eigenvalue weighted by Gasteiger charge is 2.30. The van der Waals surface area contributed by atoms with Gasteiger partial charge >= 0.3 is 0 Å². The number of methoxy groups -OCH3 is 1. The van der Waals surface area contributed by atoms with Gasteiger partial charge in [0.2, 0.25) is 5.91 Å². The molecule has 0 spiro atoms. The molecule has 9 heteroatoms. The number of anilines is 1. The molecule has 0 saturated carbocycles. The number of benzene rings is 1. The van der Waals surface area contributed by atoms with Crippen LogP contribution in [0.25, 0.3) is 21.8 Å². The van der Waals surface area contributed by atoms with Gasteiger partial charge in [0.25, 0.3) is 5.91 Å². The predicted octanol–water partition coefficient (Wildman–Crippen LogP) is 4.51. The molecule has 0 radical (unpaired) electrons. The van der Waals surface area contributed by atoms with Crippen LogP contribution in [0, 0.1) is 5.41 Å². The van der Waals surface area contributed by atoms with Gasteiger partial charge in [-0.3, -0.25) is 14.5 Å². The number of carbonyl (C=O) groups is 2. The minimum atomic E-state index is -0.179. The van der Waals surface area contributed by atoms with Gasteiger partial charge in [-0.2, -0.15) is 0 Å². The summed E-state index contributed by atoms with van der Waals surface area (Å²) in [5.74, 6) is 0.744. The van der Waals surface area contributed by atoms with Crippen LogP contribution in [0.15, 0.2) is 29.6 Å². The molecule has 3 aromatic rings. The monoisotopic (exact) mass is 509 g/mol. The van der Waals surface area contributed by atoms with Crippen molar-refractivity contribution in [3.8, 4) is 27.6 Å². The lowest BCUT2D eigenvalue weighted by Crippen LogP contribution is -2.34. The maximum atomic E-state index is 13.2. The lowest BCUT2D eigenvalue weighted by Gasteiger charge is -2.24. The Bertz CT molecular complexity index is 1260. The second kappa shape index (κ2) is 10.4. The van der Waals surface area contributed by atoms with Crippen LogP contribution < -0.4 is 15.4 Å². The van der Waals surface area contributed by atoms with E-state index in [-0.39, 0.29) is 23.8 Å². The second-order valence-corrected chi connectivity index (χ2v) is 11.3. The Hall–Kier alpha value is -3.17. The highest BCUT2D eigenvalue weighted by Crippen LogP contribution is 2.43. The summed E-state index contributed by atoms with van der Waals surface area (Å²) in [6.45, 7) is 10.5. The second-order valence-electron chi connectivity index (χ2n) is 10.3. The lowest BCUT2D eigenvalue weighted by atomic mass is 9.95. The number of thiophene rings is 1. The molecule has 0 bridgehead atoms. The van der Waals surface area contributed by atoms with E-state index in [0.29, 0.717) is 30.4 Å². The summed E-state index contributed by atoms with van der Waals surface area (Å²) in [5, 5.41) is 8.07. The van der Waals surface area contributed by atoms with Crippen molar-refractivity contribution < 1.29 is 14.3 Å². The molecule has 1 aliphatic heterocycles. The van der Waals surface area contributed by atoms with Gasteiger partial charge in [-0.15, -0.1) is 11.3 Å². The molecule has 1 aromatic carbocycles. The first kappa shape index (κ1) is 25.9. The smallest absolute Gasteiger partial charge is 0.287 e. The van der Waals surface area contributed by atoms with E-state index >= 15 is 0 Å². The minimum absolute atomic E-state index is 0.0360. The zero-order valence-corrected chi connectivity index (χ0v) is 22.7. The number of nitrogens with zero attached hydrogens (tertiary/aromatic N) is 3. The molecule has 1 aliphatic rings. The summed E-state index contributed by atoms with van der Waals surface area (Å²) in [7, 11) is 3.51. The summed E-state index contributed by atoms with van der Waals surface area (Å²) in [6.07, 6.45) is 0.727. The number of imidazole rings is 1. The molecular weight excluding hydrogens is 474 g/mol. The number of hydrogen-bond donors (Lipinski definition) is 2. The van der Waals surface area contributed by atoms with E-state index in [9.17, 15) is 9.59 Å². The van der Waals surface area contributed by atoms with Crippen molar-refractivity contribution in [2.24, 2.45) is 5.41 Å². The number of rotatable bonds is 8. The van der Waals surface area contributed by atoms with Crippen molar-refractivity contribution in [2.45, 2.75) is 40.7 Å². The summed E-state index contributed by atoms with van der Waals surface area (Å²) in [5.41, 5.74) is 4.29. The molecule has 4 rings (SSSR count). The Morgan fingerprint density at radius 2 is 2.06 bits per heavy atom. The lowest BCUT2D eigenvalue weighted by molar-refractivity contribution is -0.117. The molecule has 0 saturated heterocycles. The number of hydrogen-bond acceptors (Lipinski definition) is 6. The van der Waals surface area contributed by atoms with Crippen molar-refractivity contribution in [1.82, 2.24) is 19.8 Å². The topological polar surface area (TPSA) is 88.5 Å².